The van der Waals surface area contributed by atoms with Gasteiger partial charge < -0.3 is 0 Å². The van der Waals surface area contributed by atoms with Gasteiger partial charge >= 0.3 is 0 Å². The van der Waals surface area contributed by atoms with Crippen molar-refractivity contribution in [3.05, 3.63) is 35.9 Å². The van der Waals surface area contributed by atoms with E-state index in [9.17, 15) is 0 Å². The highest BCUT2D eigenvalue weighted by Gasteiger charge is 2.31. The summed E-state index contributed by atoms with van der Waals surface area (Å²) < 4.78 is 0. The van der Waals surface area contributed by atoms with Crippen LogP contribution in [0.3, 0.4) is 0 Å². The molecule has 14 heavy (non-hydrogen) atoms. The van der Waals surface area contributed by atoms with Gasteiger partial charge in [0.2, 0.25) is 0 Å². The van der Waals surface area contributed by atoms with Crippen molar-refractivity contribution in [3.8, 4) is 12.1 Å². The fourth-order valence-electron chi connectivity index (χ4n) is 1.39. The third kappa shape index (κ3) is 1.75. The van der Waals surface area contributed by atoms with Crippen LogP contribution in [0.15, 0.2) is 30.3 Å². The van der Waals surface area contributed by atoms with E-state index in [1.165, 1.54) is 0 Å². The molecule has 0 fully saturated rings. The van der Waals surface area contributed by atoms with Crippen molar-refractivity contribution >= 4 is 0 Å². The number of hydrogen-bond acceptors (Lipinski definition) is 2. The van der Waals surface area contributed by atoms with E-state index in [0.29, 0.717) is 0 Å². The Morgan fingerprint density at radius 3 is 2.00 bits per heavy atom. The summed E-state index contributed by atoms with van der Waals surface area (Å²) in [5.74, 6) is -0.607. The van der Waals surface area contributed by atoms with Crippen LogP contribution < -0.4 is 0 Å². The van der Waals surface area contributed by atoms with Crippen LogP contribution in [-0.4, -0.2) is 0 Å². The summed E-state index contributed by atoms with van der Waals surface area (Å²) in [7, 11) is 0. The van der Waals surface area contributed by atoms with Gasteiger partial charge in [0.1, 0.15) is 5.92 Å². The summed E-state index contributed by atoms with van der Waals surface area (Å²) in [5, 5.41) is 17.7. The largest absolute Gasteiger partial charge is 0.197 e. The fraction of sp³-hybridized carbons (Fsp3) is 0.333. The Morgan fingerprint density at radius 2 is 1.57 bits per heavy atom. The summed E-state index contributed by atoms with van der Waals surface area (Å²) in [6.07, 6.45) is 0. The number of benzene rings is 1. The second kappa shape index (κ2) is 3.94. The van der Waals surface area contributed by atoms with E-state index in [2.05, 4.69) is 0 Å². The first kappa shape index (κ1) is 10.3. The minimum Gasteiger partial charge on any atom is -0.197 e. The van der Waals surface area contributed by atoms with Gasteiger partial charge in [0.25, 0.3) is 0 Å². The molecule has 0 unspecified atom stereocenters. The first-order valence-corrected chi connectivity index (χ1v) is 4.47. The van der Waals surface area contributed by atoms with Crippen LogP contribution in [0.1, 0.15) is 19.4 Å². The molecular formula is C12H12N2. The zero-order valence-corrected chi connectivity index (χ0v) is 8.36. The Kier molecular flexibility index (Phi) is 2.89. The van der Waals surface area contributed by atoms with E-state index in [0.717, 1.165) is 5.56 Å². The third-order valence-electron chi connectivity index (χ3n) is 2.50. The lowest BCUT2D eigenvalue weighted by molar-refractivity contribution is 0.460. The van der Waals surface area contributed by atoms with E-state index in [4.69, 9.17) is 10.5 Å². The molecular weight excluding hydrogens is 172 g/mol. The molecule has 0 heterocycles. The Bertz CT molecular complexity index is 365. The Morgan fingerprint density at radius 1 is 1.07 bits per heavy atom. The van der Waals surface area contributed by atoms with Gasteiger partial charge in [-0.15, -0.1) is 0 Å². The molecule has 0 amide bonds. The standard InChI is InChI=1S/C12H12N2/c1-12(2,11(8-13)9-14)10-6-4-3-5-7-10/h3-7,11H,1-2H3. The van der Waals surface area contributed by atoms with Crippen molar-refractivity contribution in [2.24, 2.45) is 5.92 Å². The monoisotopic (exact) mass is 184 g/mol. The maximum Gasteiger partial charge on any atom is 0.142 e. The maximum absolute atomic E-state index is 8.85. The average molecular weight is 184 g/mol. The lowest BCUT2D eigenvalue weighted by Gasteiger charge is -2.25. The normalized spacial score (nSPS) is 10.6. The number of hydrogen-bond donors (Lipinski definition) is 0. The minimum absolute atomic E-state index is 0.412. The van der Waals surface area contributed by atoms with E-state index in [1.807, 2.05) is 56.3 Å². The van der Waals surface area contributed by atoms with Gasteiger partial charge in [-0.25, -0.2) is 0 Å². The van der Waals surface area contributed by atoms with Gasteiger partial charge in [0.05, 0.1) is 12.1 Å². The fourth-order valence-corrected chi connectivity index (χ4v) is 1.39. The highest BCUT2D eigenvalue weighted by molar-refractivity contribution is 5.29. The van der Waals surface area contributed by atoms with Crippen molar-refractivity contribution < 1.29 is 0 Å². The summed E-state index contributed by atoms with van der Waals surface area (Å²) in [4.78, 5) is 0. The zero-order valence-electron chi connectivity index (χ0n) is 8.36. The zero-order chi connectivity index (χ0) is 10.6. The Balaban J connectivity index is 3.10. The van der Waals surface area contributed by atoms with Crippen LogP contribution in [0.4, 0.5) is 0 Å². The van der Waals surface area contributed by atoms with Crippen molar-refractivity contribution in [3.63, 3.8) is 0 Å². The van der Waals surface area contributed by atoms with Gasteiger partial charge in [-0.3, -0.25) is 0 Å². The van der Waals surface area contributed by atoms with E-state index in [-0.39, 0.29) is 0 Å². The summed E-state index contributed by atoms with van der Waals surface area (Å²) in [6, 6.07) is 13.7. The molecule has 2 nitrogen and oxygen atoms in total. The van der Waals surface area contributed by atoms with Crippen LogP contribution in [0.2, 0.25) is 0 Å². The number of rotatable bonds is 2. The predicted octanol–water partition coefficient (Wildman–Crippen LogP) is 2.63. The topological polar surface area (TPSA) is 47.6 Å². The van der Waals surface area contributed by atoms with Crippen molar-refractivity contribution in [1.82, 2.24) is 0 Å². The SMILES string of the molecule is CC(C)(c1ccccc1)C(C#N)C#N. The summed E-state index contributed by atoms with van der Waals surface area (Å²) in [5.41, 5.74) is 0.609. The van der Waals surface area contributed by atoms with Gasteiger partial charge in [-0.1, -0.05) is 44.2 Å². The van der Waals surface area contributed by atoms with E-state index < -0.39 is 11.3 Å². The molecule has 0 aliphatic rings. The van der Waals surface area contributed by atoms with E-state index >= 15 is 0 Å². The molecule has 1 aromatic carbocycles. The van der Waals surface area contributed by atoms with Crippen molar-refractivity contribution in [2.75, 3.05) is 0 Å². The molecule has 0 spiro atoms. The smallest absolute Gasteiger partial charge is 0.142 e. The highest BCUT2D eigenvalue weighted by atomic mass is 14.4. The molecule has 0 saturated heterocycles. The maximum atomic E-state index is 8.85. The van der Waals surface area contributed by atoms with Gasteiger partial charge in [0.15, 0.2) is 0 Å². The molecule has 2 heteroatoms. The summed E-state index contributed by atoms with van der Waals surface area (Å²) >= 11 is 0. The quantitative estimate of drug-likeness (QED) is 0.709. The van der Waals surface area contributed by atoms with Crippen molar-refractivity contribution in [1.29, 1.82) is 10.5 Å². The second-order valence-electron chi connectivity index (χ2n) is 3.78. The van der Waals surface area contributed by atoms with Crippen LogP contribution in [0.5, 0.6) is 0 Å². The lowest BCUT2D eigenvalue weighted by Crippen LogP contribution is -2.26. The number of nitriles is 2. The van der Waals surface area contributed by atoms with Crippen LogP contribution in [0.25, 0.3) is 0 Å². The van der Waals surface area contributed by atoms with Crippen molar-refractivity contribution in [2.45, 2.75) is 19.3 Å². The van der Waals surface area contributed by atoms with Crippen LogP contribution in [-0.2, 0) is 5.41 Å². The molecule has 1 rings (SSSR count). The molecule has 0 aliphatic heterocycles. The minimum atomic E-state index is -0.607. The second-order valence-corrected chi connectivity index (χ2v) is 3.78. The third-order valence-corrected chi connectivity index (χ3v) is 2.50. The molecule has 0 aromatic heterocycles. The van der Waals surface area contributed by atoms with Gasteiger partial charge in [-0.2, -0.15) is 10.5 Å². The summed E-state index contributed by atoms with van der Waals surface area (Å²) in [6.45, 7) is 3.83. The van der Waals surface area contributed by atoms with Gasteiger partial charge in [-0.05, 0) is 5.56 Å². The average Bonchev–Trinajstić information content (AvgIpc) is 2.20. The van der Waals surface area contributed by atoms with Gasteiger partial charge in [0, 0.05) is 5.41 Å². The highest BCUT2D eigenvalue weighted by Crippen LogP contribution is 2.30. The molecule has 0 atom stereocenters. The number of nitrogens with zero attached hydrogens (tertiary/aromatic N) is 2. The molecule has 70 valence electrons. The molecule has 0 aliphatic carbocycles. The van der Waals surface area contributed by atoms with Crippen LogP contribution in [0, 0.1) is 28.6 Å². The molecule has 1 aromatic rings. The Labute approximate surface area is 84.4 Å². The predicted molar refractivity (Wildman–Crippen MR) is 54.2 cm³/mol. The molecule has 0 saturated carbocycles. The lowest BCUT2D eigenvalue weighted by atomic mass is 9.75. The Hall–Kier alpha value is -1.80. The molecule has 0 radical (unpaired) electrons. The first-order valence-electron chi connectivity index (χ1n) is 4.47. The molecule has 0 bridgehead atoms. The molecule has 0 N–H and O–H groups in total. The first-order chi connectivity index (χ1) is 6.62. The van der Waals surface area contributed by atoms with E-state index in [1.54, 1.807) is 0 Å². The van der Waals surface area contributed by atoms with Crippen LogP contribution >= 0.6 is 0 Å².